The van der Waals surface area contributed by atoms with Crippen LogP contribution in [0.3, 0.4) is 0 Å². The van der Waals surface area contributed by atoms with Crippen LogP contribution in [0.1, 0.15) is 69.6 Å². The molecule has 2 aliphatic rings. The van der Waals surface area contributed by atoms with Crippen LogP contribution in [0, 0.1) is 17.5 Å². The van der Waals surface area contributed by atoms with Crippen LogP contribution in [0.15, 0.2) is 60.7 Å². The number of rotatable bonds is 8. The van der Waals surface area contributed by atoms with E-state index < -0.39 is 58.7 Å². The number of nitrogens with one attached hydrogen (secondary N) is 1. The first-order chi connectivity index (χ1) is 24.0. The highest BCUT2D eigenvalue weighted by molar-refractivity contribution is 6.30. The average molecular weight is 729 g/mol. The largest absolute Gasteiger partial charge is 0.444 e. The van der Waals surface area contributed by atoms with Gasteiger partial charge in [-0.1, -0.05) is 29.8 Å². The Balaban J connectivity index is 1.36. The number of piperidine rings is 1. The SMILES string of the molecule is CC(=O)N1CCC2(CC1)CN(C(=O)OC(C)(C)C)C[C@@H](CCc1c(F)cccc1NC(=O)[C@@H](N)[C@@H](c1ccc(Cl)cc1)c1cc(F)cc(F)c1)O2. The molecule has 3 amide bonds. The molecular formula is C38H44ClF3N4O5. The molecule has 0 aliphatic carbocycles. The van der Waals surface area contributed by atoms with Gasteiger partial charge in [0.25, 0.3) is 0 Å². The number of benzene rings is 3. The van der Waals surface area contributed by atoms with Gasteiger partial charge in [0.05, 0.1) is 30.8 Å². The van der Waals surface area contributed by atoms with Crippen LogP contribution in [-0.2, 0) is 25.5 Å². The number of anilines is 1. The number of nitrogens with two attached hydrogens (primary N) is 1. The molecule has 9 nitrogen and oxygen atoms in total. The molecule has 0 bridgehead atoms. The van der Waals surface area contributed by atoms with Gasteiger partial charge in [0, 0.05) is 48.3 Å². The van der Waals surface area contributed by atoms with Gasteiger partial charge in [-0.15, -0.1) is 0 Å². The summed E-state index contributed by atoms with van der Waals surface area (Å²) in [6.07, 6.45) is 0.485. The van der Waals surface area contributed by atoms with Crippen LogP contribution in [0.5, 0.6) is 0 Å². The number of nitrogens with zero attached hydrogens (tertiary/aromatic N) is 2. The molecule has 0 aromatic heterocycles. The fraction of sp³-hybridized carbons (Fsp3) is 0.447. The molecule has 3 aromatic rings. The molecule has 2 heterocycles. The van der Waals surface area contributed by atoms with Crippen LogP contribution in [0.4, 0.5) is 23.7 Å². The van der Waals surface area contributed by atoms with Gasteiger partial charge in [-0.05, 0) is 94.0 Å². The van der Waals surface area contributed by atoms with Crippen molar-refractivity contribution in [1.82, 2.24) is 9.80 Å². The Morgan fingerprint density at radius 1 is 1.00 bits per heavy atom. The Bertz CT molecular complexity index is 1720. The summed E-state index contributed by atoms with van der Waals surface area (Å²) in [5.74, 6) is -3.92. The molecule has 274 valence electrons. The Morgan fingerprint density at radius 3 is 2.25 bits per heavy atom. The molecular weight excluding hydrogens is 685 g/mol. The van der Waals surface area contributed by atoms with E-state index in [4.69, 9.17) is 26.8 Å². The summed E-state index contributed by atoms with van der Waals surface area (Å²) in [7, 11) is 0. The van der Waals surface area contributed by atoms with Crippen LogP contribution in [0.25, 0.3) is 0 Å². The molecule has 2 fully saturated rings. The summed E-state index contributed by atoms with van der Waals surface area (Å²) in [6, 6.07) is 12.3. The maximum absolute atomic E-state index is 15.5. The van der Waals surface area contributed by atoms with Crippen molar-refractivity contribution in [2.45, 2.75) is 82.6 Å². The zero-order valence-corrected chi connectivity index (χ0v) is 29.9. The van der Waals surface area contributed by atoms with Crippen LogP contribution in [-0.4, -0.2) is 77.2 Å². The fourth-order valence-corrected chi connectivity index (χ4v) is 6.97. The third-order valence-corrected chi connectivity index (χ3v) is 9.57. The van der Waals surface area contributed by atoms with E-state index in [1.54, 1.807) is 60.9 Å². The molecule has 13 heteroatoms. The summed E-state index contributed by atoms with van der Waals surface area (Å²) in [6.45, 7) is 8.36. The predicted octanol–water partition coefficient (Wildman–Crippen LogP) is 6.80. The van der Waals surface area contributed by atoms with E-state index in [2.05, 4.69) is 5.32 Å². The summed E-state index contributed by atoms with van der Waals surface area (Å²) < 4.78 is 56.5. The van der Waals surface area contributed by atoms with E-state index in [0.29, 0.717) is 49.5 Å². The van der Waals surface area contributed by atoms with Gasteiger partial charge in [-0.2, -0.15) is 0 Å². The van der Waals surface area contributed by atoms with Gasteiger partial charge in [-0.25, -0.2) is 18.0 Å². The van der Waals surface area contributed by atoms with Crippen molar-refractivity contribution < 1.29 is 37.0 Å². The topological polar surface area (TPSA) is 114 Å². The zero-order chi connectivity index (χ0) is 37.1. The van der Waals surface area contributed by atoms with E-state index in [-0.39, 0.29) is 35.7 Å². The highest BCUT2D eigenvalue weighted by atomic mass is 35.5. The first-order valence-electron chi connectivity index (χ1n) is 17.0. The number of carbonyl (C=O) groups is 3. The highest BCUT2D eigenvalue weighted by Gasteiger charge is 2.45. The number of hydrogen-bond donors (Lipinski definition) is 2. The lowest BCUT2D eigenvalue weighted by atomic mass is 9.84. The highest BCUT2D eigenvalue weighted by Crippen LogP contribution is 2.36. The Kier molecular flexibility index (Phi) is 11.7. The smallest absolute Gasteiger partial charge is 0.410 e. The Morgan fingerprint density at radius 2 is 1.65 bits per heavy atom. The van der Waals surface area contributed by atoms with E-state index >= 15 is 4.39 Å². The van der Waals surface area contributed by atoms with Gasteiger partial charge in [-0.3, -0.25) is 9.59 Å². The minimum Gasteiger partial charge on any atom is -0.444 e. The van der Waals surface area contributed by atoms with E-state index in [9.17, 15) is 23.2 Å². The molecule has 5 rings (SSSR count). The number of halogens is 4. The first kappa shape index (κ1) is 38.1. The van der Waals surface area contributed by atoms with E-state index in [1.807, 2.05) is 0 Å². The second-order valence-electron chi connectivity index (χ2n) is 14.3. The minimum absolute atomic E-state index is 0.0300. The molecule has 3 atom stereocenters. The van der Waals surface area contributed by atoms with Crippen LogP contribution < -0.4 is 11.1 Å². The van der Waals surface area contributed by atoms with Crippen molar-refractivity contribution in [1.29, 1.82) is 0 Å². The molecule has 51 heavy (non-hydrogen) atoms. The molecule has 1 spiro atoms. The maximum Gasteiger partial charge on any atom is 0.410 e. The molecule has 3 N–H and O–H groups in total. The van der Waals surface area contributed by atoms with Crippen molar-refractivity contribution in [3.05, 3.63) is 99.8 Å². The molecule has 2 saturated heterocycles. The second kappa shape index (κ2) is 15.6. The van der Waals surface area contributed by atoms with Crippen LogP contribution in [0.2, 0.25) is 5.02 Å². The first-order valence-corrected chi connectivity index (χ1v) is 17.4. The van der Waals surface area contributed by atoms with Crippen molar-refractivity contribution >= 4 is 35.2 Å². The fourth-order valence-electron chi connectivity index (χ4n) is 6.84. The number of morpholine rings is 1. The summed E-state index contributed by atoms with van der Waals surface area (Å²) >= 11 is 6.07. The van der Waals surface area contributed by atoms with Crippen molar-refractivity contribution in [3.8, 4) is 0 Å². The molecule has 0 unspecified atom stereocenters. The maximum atomic E-state index is 15.5. The number of hydrogen-bond acceptors (Lipinski definition) is 6. The third-order valence-electron chi connectivity index (χ3n) is 9.32. The minimum atomic E-state index is -1.34. The zero-order valence-electron chi connectivity index (χ0n) is 29.2. The van der Waals surface area contributed by atoms with Crippen molar-refractivity contribution in [2.24, 2.45) is 5.73 Å². The molecule has 0 radical (unpaired) electrons. The lowest BCUT2D eigenvalue weighted by molar-refractivity contribution is -0.176. The molecule has 3 aromatic carbocycles. The van der Waals surface area contributed by atoms with Crippen molar-refractivity contribution in [3.63, 3.8) is 0 Å². The average Bonchev–Trinajstić information content (AvgIpc) is 3.04. The lowest BCUT2D eigenvalue weighted by Gasteiger charge is -2.50. The van der Waals surface area contributed by atoms with Crippen LogP contribution >= 0.6 is 11.6 Å². The summed E-state index contributed by atoms with van der Waals surface area (Å²) in [5, 5.41) is 3.17. The predicted molar refractivity (Wildman–Crippen MR) is 188 cm³/mol. The van der Waals surface area contributed by atoms with Gasteiger partial charge in [0.2, 0.25) is 11.8 Å². The van der Waals surface area contributed by atoms with E-state index in [0.717, 1.165) is 18.2 Å². The monoisotopic (exact) mass is 728 g/mol. The van der Waals surface area contributed by atoms with Gasteiger partial charge in [0.15, 0.2) is 0 Å². The molecule has 2 aliphatic heterocycles. The normalized spacial score (nSPS) is 18.6. The summed E-state index contributed by atoms with van der Waals surface area (Å²) in [4.78, 5) is 42.4. The number of likely N-dealkylation sites (tertiary alicyclic amines) is 1. The number of ether oxygens (including phenoxy) is 2. The van der Waals surface area contributed by atoms with Gasteiger partial charge < -0.3 is 30.3 Å². The van der Waals surface area contributed by atoms with Gasteiger partial charge >= 0.3 is 6.09 Å². The quantitative estimate of drug-likeness (QED) is 0.264. The van der Waals surface area contributed by atoms with E-state index in [1.165, 1.54) is 19.1 Å². The third kappa shape index (κ3) is 9.61. The Labute approximate surface area is 301 Å². The number of carbonyl (C=O) groups excluding carboxylic acids is 3. The summed E-state index contributed by atoms with van der Waals surface area (Å²) in [5.41, 5.74) is 6.11. The Hall–Kier alpha value is -4.13. The lowest BCUT2D eigenvalue weighted by Crippen LogP contribution is -2.61. The van der Waals surface area contributed by atoms with Crippen molar-refractivity contribution in [2.75, 3.05) is 31.5 Å². The number of amides is 3. The standard InChI is InChI=1S/C38H44ClF3N4O5/c1-23(47)45-16-14-38(15-17-45)22-46(36(49)51-37(2,3)4)21-29(50-38)12-13-30-31(42)6-5-7-32(30)44-35(48)34(43)33(24-8-10-26(39)11-9-24)25-18-27(40)20-28(41)19-25/h5-11,18-20,29,33-34H,12-17,21-22,43H2,1-4H3,(H,44,48)/t29-,33+,34+/m1/s1. The molecule has 0 saturated carbocycles. The van der Waals surface area contributed by atoms with Gasteiger partial charge in [0.1, 0.15) is 23.1 Å². The second-order valence-corrected chi connectivity index (χ2v) is 14.8.